The monoisotopic (exact) mass is 436 g/mol. The SMILES string of the molecule is CCNC(=O)c1nn(CC2CC2)c2c1CN(C(=O)CCn1c(=O)[nH]c3ccccc31)CC2. The predicted molar refractivity (Wildman–Crippen MR) is 119 cm³/mol. The Bertz CT molecular complexity index is 1230. The summed E-state index contributed by atoms with van der Waals surface area (Å²) in [5.74, 6) is 0.442. The van der Waals surface area contributed by atoms with Gasteiger partial charge in [-0.25, -0.2) is 4.79 Å². The van der Waals surface area contributed by atoms with Gasteiger partial charge in [0, 0.05) is 56.8 Å². The number of amides is 2. The van der Waals surface area contributed by atoms with Gasteiger partial charge in [0.1, 0.15) is 0 Å². The van der Waals surface area contributed by atoms with Gasteiger partial charge in [-0.3, -0.25) is 18.8 Å². The van der Waals surface area contributed by atoms with Gasteiger partial charge in [-0.05, 0) is 37.8 Å². The van der Waals surface area contributed by atoms with Crippen LogP contribution in [0.2, 0.25) is 0 Å². The predicted octanol–water partition coefficient (Wildman–Crippen LogP) is 1.66. The molecule has 0 unspecified atom stereocenters. The smallest absolute Gasteiger partial charge is 0.326 e. The van der Waals surface area contributed by atoms with Crippen LogP contribution >= 0.6 is 0 Å². The van der Waals surface area contributed by atoms with Crippen molar-refractivity contribution in [3.05, 3.63) is 51.7 Å². The molecule has 32 heavy (non-hydrogen) atoms. The highest BCUT2D eigenvalue weighted by Crippen LogP contribution is 2.32. The number of hydrogen-bond acceptors (Lipinski definition) is 4. The van der Waals surface area contributed by atoms with E-state index < -0.39 is 0 Å². The van der Waals surface area contributed by atoms with E-state index in [9.17, 15) is 14.4 Å². The second-order valence-electron chi connectivity index (χ2n) is 8.67. The van der Waals surface area contributed by atoms with E-state index in [0.717, 1.165) is 28.8 Å². The summed E-state index contributed by atoms with van der Waals surface area (Å²) in [6, 6.07) is 7.47. The zero-order chi connectivity index (χ0) is 22.2. The number of hydrogen-bond donors (Lipinski definition) is 2. The molecule has 3 heterocycles. The van der Waals surface area contributed by atoms with E-state index in [1.165, 1.54) is 12.8 Å². The summed E-state index contributed by atoms with van der Waals surface area (Å²) in [5.41, 5.74) is 3.73. The van der Waals surface area contributed by atoms with Gasteiger partial charge >= 0.3 is 5.69 Å². The zero-order valence-electron chi connectivity index (χ0n) is 18.3. The molecule has 3 aromatic rings. The Balaban J connectivity index is 1.33. The second kappa shape index (κ2) is 8.29. The van der Waals surface area contributed by atoms with Crippen LogP contribution in [0.25, 0.3) is 11.0 Å². The van der Waals surface area contributed by atoms with Gasteiger partial charge < -0.3 is 15.2 Å². The number of fused-ring (bicyclic) bond motifs is 2. The topological polar surface area (TPSA) is 105 Å². The largest absolute Gasteiger partial charge is 0.351 e. The van der Waals surface area contributed by atoms with Crippen LogP contribution in [0.4, 0.5) is 0 Å². The van der Waals surface area contributed by atoms with E-state index in [-0.39, 0.29) is 23.9 Å². The number of para-hydroxylation sites is 2. The third-order valence-corrected chi connectivity index (χ3v) is 6.40. The fourth-order valence-corrected chi connectivity index (χ4v) is 4.52. The highest BCUT2D eigenvalue weighted by Gasteiger charge is 2.32. The number of H-pyrrole nitrogens is 1. The Morgan fingerprint density at radius 1 is 1.25 bits per heavy atom. The molecule has 0 saturated heterocycles. The van der Waals surface area contributed by atoms with Crippen molar-refractivity contribution in [3.63, 3.8) is 0 Å². The number of imidazole rings is 1. The lowest BCUT2D eigenvalue weighted by molar-refractivity contribution is -0.132. The van der Waals surface area contributed by atoms with Crippen molar-refractivity contribution in [1.29, 1.82) is 0 Å². The van der Waals surface area contributed by atoms with Crippen LogP contribution in [-0.2, 0) is 30.8 Å². The van der Waals surface area contributed by atoms with Crippen LogP contribution < -0.4 is 11.0 Å². The molecule has 9 nitrogen and oxygen atoms in total. The number of nitrogens with one attached hydrogen (secondary N) is 2. The van der Waals surface area contributed by atoms with Gasteiger partial charge in [0.25, 0.3) is 5.91 Å². The quantitative estimate of drug-likeness (QED) is 0.588. The van der Waals surface area contributed by atoms with E-state index in [2.05, 4.69) is 15.4 Å². The van der Waals surface area contributed by atoms with Gasteiger partial charge in [-0.1, -0.05) is 12.1 Å². The first kappa shape index (κ1) is 20.5. The van der Waals surface area contributed by atoms with E-state index >= 15 is 0 Å². The third-order valence-electron chi connectivity index (χ3n) is 6.40. The fourth-order valence-electron chi connectivity index (χ4n) is 4.52. The normalized spacial score (nSPS) is 15.7. The summed E-state index contributed by atoms with van der Waals surface area (Å²) >= 11 is 0. The molecule has 0 radical (unpaired) electrons. The Labute approximate surface area is 185 Å². The summed E-state index contributed by atoms with van der Waals surface area (Å²) in [7, 11) is 0. The molecule has 2 aromatic heterocycles. The first-order valence-electron chi connectivity index (χ1n) is 11.4. The molecular formula is C23H28N6O3. The number of nitrogens with zero attached hydrogens (tertiary/aromatic N) is 4. The van der Waals surface area contributed by atoms with Crippen molar-refractivity contribution in [1.82, 2.24) is 29.5 Å². The maximum atomic E-state index is 13.0. The molecule has 1 aliphatic heterocycles. The molecule has 9 heteroatoms. The molecule has 2 amide bonds. The van der Waals surface area contributed by atoms with E-state index in [1.54, 1.807) is 9.47 Å². The number of aryl methyl sites for hydroxylation is 1. The molecule has 5 rings (SSSR count). The van der Waals surface area contributed by atoms with E-state index in [0.29, 0.717) is 44.2 Å². The molecule has 1 fully saturated rings. The second-order valence-corrected chi connectivity index (χ2v) is 8.67. The minimum Gasteiger partial charge on any atom is -0.351 e. The Morgan fingerprint density at radius 3 is 2.84 bits per heavy atom. The Kier molecular flexibility index (Phi) is 5.32. The lowest BCUT2D eigenvalue weighted by Crippen LogP contribution is -2.38. The van der Waals surface area contributed by atoms with Gasteiger partial charge in [0.2, 0.25) is 5.91 Å². The molecule has 2 N–H and O–H groups in total. The fraction of sp³-hybridized carbons (Fsp3) is 0.478. The summed E-state index contributed by atoms with van der Waals surface area (Å²) < 4.78 is 3.60. The highest BCUT2D eigenvalue weighted by atomic mass is 16.2. The number of aromatic amines is 1. The summed E-state index contributed by atoms with van der Waals surface area (Å²) in [4.78, 5) is 42.6. The van der Waals surface area contributed by atoms with Crippen molar-refractivity contribution in [3.8, 4) is 0 Å². The van der Waals surface area contributed by atoms with Crippen LogP contribution in [0.3, 0.4) is 0 Å². The van der Waals surface area contributed by atoms with Crippen molar-refractivity contribution in [2.45, 2.75) is 52.2 Å². The number of benzene rings is 1. The minimum absolute atomic E-state index is 0.0235. The maximum absolute atomic E-state index is 13.0. The Hall–Kier alpha value is -3.36. The summed E-state index contributed by atoms with van der Waals surface area (Å²) in [6.07, 6.45) is 3.34. The van der Waals surface area contributed by atoms with Crippen molar-refractivity contribution < 1.29 is 9.59 Å². The van der Waals surface area contributed by atoms with Crippen LogP contribution in [0, 0.1) is 5.92 Å². The van der Waals surface area contributed by atoms with Crippen molar-refractivity contribution >= 4 is 22.8 Å². The average Bonchev–Trinajstić information content (AvgIpc) is 3.45. The van der Waals surface area contributed by atoms with Gasteiger partial charge in [0.15, 0.2) is 5.69 Å². The lowest BCUT2D eigenvalue weighted by atomic mass is 10.0. The van der Waals surface area contributed by atoms with Crippen LogP contribution in [0.1, 0.15) is 47.9 Å². The molecular weight excluding hydrogens is 408 g/mol. The van der Waals surface area contributed by atoms with Crippen LogP contribution in [-0.4, -0.2) is 49.1 Å². The molecule has 0 spiro atoms. The molecule has 0 atom stereocenters. The lowest BCUT2D eigenvalue weighted by Gasteiger charge is -2.28. The average molecular weight is 437 g/mol. The first-order valence-corrected chi connectivity index (χ1v) is 11.4. The molecule has 1 saturated carbocycles. The molecule has 0 bridgehead atoms. The standard InChI is InChI=1S/C23H28N6O3/c1-2-24-22(31)21-16-14-27(11-9-18(16)29(26-21)13-15-7-8-15)20(30)10-12-28-19-6-4-3-5-17(19)25-23(28)32/h3-6,15H,2,7-14H2,1H3,(H,24,31)(H,25,32). The molecule has 2 aliphatic rings. The maximum Gasteiger partial charge on any atom is 0.326 e. The number of rotatable bonds is 7. The zero-order valence-corrected chi connectivity index (χ0v) is 18.3. The highest BCUT2D eigenvalue weighted by molar-refractivity contribution is 5.94. The number of carbonyl (C=O) groups is 2. The minimum atomic E-state index is -0.209. The van der Waals surface area contributed by atoms with E-state index in [1.807, 2.05) is 35.9 Å². The van der Waals surface area contributed by atoms with Crippen LogP contribution in [0.15, 0.2) is 29.1 Å². The van der Waals surface area contributed by atoms with Crippen molar-refractivity contribution in [2.75, 3.05) is 13.1 Å². The molecule has 1 aromatic carbocycles. The summed E-state index contributed by atoms with van der Waals surface area (Å²) in [5, 5.41) is 7.48. The van der Waals surface area contributed by atoms with Crippen LogP contribution in [0.5, 0.6) is 0 Å². The van der Waals surface area contributed by atoms with Gasteiger partial charge in [0.05, 0.1) is 11.0 Å². The number of aromatic nitrogens is 4. The first-order chi connectivity index (χ1) is 15.5. The van der Waals surface area contributed by atoms with E-state index in [4.69, 9.17) is 0 Å². The van der Waals surface area contributed by atoms with Gasteiger partial charge in [-0.15, -0.1) is 0 Å². The molecule has 1 aliphatic carbocycles. The number of carbonyl (C=O) groups excluding carboxylic acids is 2. The van der Waals surface area contributed by atoms with Crippen molar-refractivity contribution in [2.24, 2.45) is 5.92 Å². The Morgan fingerprint density at radius 2 is 2.06 bits per heavy atom. The van der Waals surface area contributed by atoms with Gasteiger partial charge in [-0.2, -0.15) is 5.10 Å². The third kappa shape index (κ3) is 3.83. The summed E-state index contributed by atoms with van der Waals surface area (Å²) in [6.45, 7) is 4.56. The molecule has 168 valence electrons.